The van der Waals surface area contributed by atoms with E-state index < -0.39 is 5.91 Å². The molecule has 29 heavy (non-hydrogen) atoms. The fourth-order valence-electron chi connectivity index (χ4n) is 3.41. The summed E-state index contributed by atoms with van der Waals surface area (Å²) in [6.07, 6.45) is 0.740. The second-order valence-corrected chi connectivity index (χ2v) is 8.03. The summed E-state index contributed by atoms with van der Waals surface area (Å²) < 4.78 is 5.89. The Morgan fingerprint density at radius 3 is 2.59 bits per heavy atom. The predicted octanol–water partition coefficient (Wildman–Crippen LogP) is 3.88. The molecule has 0 spiro atoms. The summed E-state index contributed by atoms with van der Waals surface area (Å²) in [7, 11) is 2.03. The number of fused-ring (bicyclic) bond motifs is 1. The molecule has 0 unspecified atom stereocenters. The van der Waals surface area contributed by atoms with Crippen molar-refractivity contribution >= 4 is 28.2 Å². The summed E-state index contributed by atoms with van der Waals surface area (Å²) in [4.78, 5) is 28.4. The zero-order valence-electron chi connectivity index (χ0n) is 16.0. The molecule has 1 aromatic heterocycles. The van der Waals surface area contributed by atoms with Gasteiger partial charge < -0.3 is 20.7 Å². The van der Waals surface area contributed by atoms with E-state index in [2.05, 4.69) is 10.2 Å². The lowest BCUT2D eigenvalue weighted by atomic mass is 10.0. The molecule has 3 aromatic rings. The van der Waals surface area contributed by atoms with Gasteiger partial charge in [-0.05, 0) is 43.3 Å². The lowest BCUT2D eigenvalue weighted by Gasteiger charge is -2.22. The van der Waals surface area contributed by atoms with Gasteiger partial charge in [-0.1, -0.05) is 30.3 Å². The second-order valence-electron chi connectivity index (χ2n) is 6.93. The Morgan fingerprint density at radius 2 is 1.83 bits per heavy atom. The number of nitrogens with two attached hydrogens (primary N) is 1. The molecule has 0 saturated heterocycles. The Balaban J connectivity index is 1.63. The van der Waals surface area contributed by atoms with Crippen LogP contribution in [0.5, 0.6) is 11.5 Å². The van der Waals surface area contributed by atoms with Crippen LogP contribution in [0.15, 0.2) is 54.6 Å². The molecule has 1 aliphatic heterocycles. The number of amides is 2. The van der Waals surface area contributed by atoms with Crippen LogP contribution in [-0.2, 0) is 13.0 Å². The van der Waals surface area contributed by atoms with Crippen molar-refractivity contribution in [3.8, 4) is 11.5 Å². The van der Waals surface area contributed by atoms with E-state index >= 15 is 0 Å². The van der Waals surface area contributed by atoms with Gasteiger partial charge in [0, 0.05) is 18.0 Å². The van der Waals surface area contributed by atoms with E-state index in [1.165, 1.54) is 11.3 Å². The van der Waals surface area contributed by atoms with Crippen molar-refractivity contribution in [1.82, 2.24) is 4.90 Å². The van der Waals surface area contributed by atoms with Gasteiger partial charge >= 0.3 is 0 Å². The van der Waals surface area contributed by atoms with Crippen molar-refractivity contribution in [2.75, 3.05) is 18.9 Å². The van der Waals surface area contributed by atoms with E-state index in [4.69, 9.17) is 10.5 Å². The molecule has 0 aliphatic carbocycles. The fourth-order valence-corrected chi connectivity index (χ4v) is 4.74. The Bertz CT molecular complexity index is 1060. The van der Waals surface area contributed by atoms with Gasteiger partial charge in [-0.2, -0.15) is 0 Å². The van der Waals surface area contributed by atoms with Crippen LogP contribution < -0.4 is 15.8 Å². The normalized spacial score (nSPS) is 13.6. The van der Waals surface area contributed by atoms with Crippen molar-refractivity contribution in [1.29, 1.82) is 0 Å². The van der Waals surface area contributed by atoms with Crippen LogP contribution in [0, 0.1) is 0 Å². The molecule has 0 saturated carbocycles. The molecule has 0 radical (unpaired) electrons. The number of thiophene rings is 1. The first-order chi connectivity index (χ1) is 14.0. The molecular weight excluding hydrogens is 386 g/mol. The van der Waals surface area contributed by atoms with Crippen LogP contribution in [0.4, 0.5) is 5.00 Å². The molecule has 7 heteroatoms. The summed E-state index contributed by atoms with van der Waals surface area (Å²) in [5.41, 5.74) is 7.40. The number of anilines is 1. The second kappa shape index (κ2) is 8.06. The van der Waals surface area contributed by atoms with Crippen molar-refractivity contribution in [2.45, 2.75) is 13.0 Å². The maximum absolute atomic E-state index is 13.0. The van der Waals surface area contributed by atoms with E-state index in [0.717, 1.165) is 30.0 Å². The molecule has 0 bridgehead atoms. The van der Waals surface area contributed by atoms with Gasteiger partial charge in [0.15, 0.2) is 0 Å². The number of para-hydroxylation sites is 2. The van der Waals surface area contributed by atoms with Crippen molar-refractivity contribution in [2.24, 2.45) is 5.73 Å². The monoisotopic (exact) mass is 407 g/mol. The average molecular weight is 407 g/mol. The summed E-state index contributed by atoms with van der Waals surface area (Å²) in [5, 5.41) is 3.38. The molecule has 2 aromatic carbocycles. The number of carbonyl (C=O) groups excluding carboxylic acids is 2. The van der Waals surface area contributed by atoms with E-state index in [1.54, 1.807) is 18.2 Å². The minimum Gasteiger partial charge on any atom is -0.457 e. The number of nitrogens with one attached hydrogen (secondary N) is 1. The molecule has 2 amide bonds. The number of primary amides is 1. The molecule has 6 nitrogen and oxygen atoms in total. The third-order valence-corrected chi connectivity index (χ3v) is 5.96. The third-order valence-electron chi connectivity index (χ3n) is 4.82. The van der Waals surface area contributed by atoms with Crippen LogP contribution in [-0.4, -0.2) is 30.3 Å². The number of hydrogen-bond donors (Lipinski definition) is 2. The molecular formula is C22H21N3O3S. The van der Waals surface area contributed by atoms with Crippen LogP contribution in [0.25, 0.3) is 0 Å². The van der Waals surface area contributed by atoms with Crippen LogP contribution in [0.1, 0.15) is 31.2 Å². The third kappa shape index (κ3) is 4.01. The number of ether oxygens (including phenoxy) is 1. The number of likely N-dealkylation sites (N-methyl/N-ethyl adjacent to an activating group) is 1. The van der Waals surface area contributed by atoms with Crippen molar-refractivity contribution in [3.05, 3.63) is 76.2 Å². The lowest BCUT2D eigenvalue weighted by Crippen LogP contribution is -2.27. The predicted molar refractivity (Wildman–Crippen MR) is 114 cm³/mol. The summed E-state index contributed by atoms with van der Waals surface area (Å²) in [6, 6.07) is 16.3. The molecule has 0 atom stereocenters. The Labute approximate surface area is 172 Å². The first-order valence-corrected chi connectivity index (χ1v) is 10.1. The summed E-state index contributed by atoms with van der Waals surface area (Å²) >= 11 is 1.41. The highest BCUT2D eigenvalue weighted by atomic mass is 32.1. The number of rotatable bonds is 5. The highest BCUT2D eigenvalue weighted by molar-refractivity contribution is 7.17. The first-order valence-electron chi connectivity index (χ1n) is 9.29. The van der Waals surface area contributed by atoms with Gasteiger partial charge in [0.05, 0.1) is 11.1 Å². The van der Waals surface area contributed by atoms with Gasteiger partial charge in [-0.25, -0.2) is 0 Å². The quantitative estimate of drug-likeness (QED) is 0.672. The Morgan fingerprint density at radius 1 is 1.10 bits per heavy atom. The molecule has 0 fully saturated rings. The van der Waals surface area contributed by atoms with Gasteiger partial charge in [-0.3, -0.25) is 9.59 Å². The molecule has 148 valence electrons. The van der Waals surface area contributed by atoms with Gasteiger partial charge in [0.2, 0.25) is 0 Å². The molecule has 2 heterocycles. The van der Waals surface area contributed by atoms with Crippen molar-refractivity contribution in [3.63, 3.8) is 0 Å². The maximum Gasteiger partial charge on any atom is 0.260 e. The Kier molecular flexibility index (Phi) is 5.33. The minimum absolute atomic E-state index is 0.342. The largest absolute Gasteiger partial charge is 0.457 e. The highest BCUT2D eigenvalue weighted by Crippen LogP contribution is 2.37. The number of nitrogens with zero attached hydrogens (tertiary/aromatic N) is 1. The van der Waals surface area contributed by atoms with Gasteiger partial charge in [-0.15, -0.1) is 11.3 Å². The van der Waals surface area contributed by atoms with E-state index in [0.29, 0.717) is 27.6 Å². The zero-order valence-corrected chi connectivity index (χ0v) is 16.8. The smallest absolute Gasteiger partial charge is 0.260 e. The molecule has 3 N–H and O–H groups in total. The SMILES string of the molecule is CN1CCc2c(sc(NC(=O)c3ccccc3Oc3ccccc3)c2C(N)=O)C1. The van der Waals surface area contributed by atoms with Crippen LogP contribution in [0.2, 0.25) is 0 Å². The topological polar surface area (TPSA) is 84.7 Å². The Hall–Kier alpha value is -3.16. The standard InChI is InChI=1S/C22H21N3O3S/c1-25-12-11-16-18(13-25)29-22(19(16)20(23)26)24-21(27)15-9-5-6-10-17(15)28-14-7-3-2-4-8-14/h2-10H,11-13H2,1H3,(H2,23,26)(H,24,27). The maximum atomic E-state index is 13.0. The molecule has 4 rings (SSSR count). The average Bonchev–Trinajstić information content (AvgIpc) is 3.06. The van der Waals surface area contributed by atoms with Crippen LogP contribution >= 0.6 is 11.3 Å². The highest BCUT2D eigenvalue weighted by Gasteiger charge is 2.27. The van der Waals surface area contributed by atoms with Crippen LogP contribution in [0.3, 0.4) is 0 Å². The first kappa shape index (κ1) is 19.2. The zero-order chi connectivity index (χ0) is 20.4. The number of hydrogen-bond acceptors (Lipinski definition) is 5. The summed E-state index contributed by atoms with van der Waals surface area (Å²) in [5.74, 6) is 0.222. The van der Waals surface area contributed by atoms with E-state index in [1.807, 2.05) is 43.4 Å². The molecule has 1 aliphatic rings. The van der Waals surface area contributed by atoms with E-state index in [-0.39, 0.29) is 5.91 Å². The van der Waals surface area contributed by atoms with Gasteiger partial charge in [0.25, 0.3) is 11.8 Å². The van der Waals surface area contributed by atoms with Gasteiger partial charge in [0.1, 0.15) is 16.5 Å². The number of carbonyl (C=O) groups is 2. The summed E-state index contributed by atoms with van der Waals surface area (Å²) in [6.45, 7) is 1.59. The van der Waals surface area contributed by atoms with Crippen molar-refractivity contribution < 1.29 is 14.3 Å². The van der Waals surface area contributed by atoms with E-state index in [9.17, 15) is 9.59 Å². The minimum atomic E-state index is -0.517. The number of benzene rings is 2. The lowest BCUT2D eigenvalue weighted by molar-refractivity contribution is 0.1000. The fraction of sp³-hybridized carbons (Fsp3) is 0.182.